The summed E-state index contributed by atoms with van der Waals surface area (Å²) in [5.74, 6) is 1.43. The molecule has 20 heavy (non-hydrogen) atoms. The minimum Gasteiger partial charge on any atom is -0.354 e. The van der Waals surface area contributed by atoms with E-state index in [-0.39, 0.29) is 36.4 Å². The molecule has 2 rings (SSSR count). The van der Waals surface area contributed by atoms with E-state index in [9.17, 15) is 13.2 Å². The lowest BCUT2D eigenvalue weighted by Crippen LogP contribution is -2.50. The van der Waals surface area contributed by atoms with Crippen molar-refractivity contribution in [2.45, 2.75) is 57.8 Å². The third kappa shape index (κ3) is 4.96. The van der Waals surface area contributed by atoms with E-state index in [1.807, 2.05) is 0 Å². The Morgan fingerprint density at radius 1 is 1.40 bits per heavy atom. The zero-order valence-electron chi connectivity index (χ0n) is 11.9. The van der Waals surface area contributed by atoms with Gasteiger partial charge in [0.2, 0.25) is 0 Å². The van der Waals surface area contributed by atoms with E-state index in [1.165, 1.54) is 6.42 Å². The lowest BCUT2D eigenvalue weighted by molar-refractivity contribution is -0.136. The highest BCUT2D eigenvalue weighted by Gasteiger charge is 2.33. The first-order valence-corrected chi connectivity index (χ1v) is 6.99. The van der Waals surface area contributed by atoms with Gasteiger partial charge in [0.1, 0.15) is 0 Å². The van der Waals surface area contributed by atoms with E-state index in [2.05, 4.69) is 22.1 Å². The molecule has 2 aliphatic heterocycles. The molecule has 1 saturated heterocycles. The largest absolute Gasteiger partial charge is 0.389 e. The molecular formula is C13H23F3IN3. The Kier molecular flexibility index (Phi) is 6.40. The summed E-state index contributed by atoms with van der Waals surface area (Å²) < 4.78 is 36.5. The summed E-state index contributed by atoms with van der Waals surface area (Å²) in [6.07, 6.45) is -2.37. The van der Waals surface area contributed by atoms with Crippen molar-refractivity contribution >= 4 is 29.9 Å². The maximum Gasteiger partial charge on any atom is 0.389 e. The quantitative estimate of drug-likeness (QED) is 0.730. The summed E-state index contributed by atoms with van der Waals surface area (Å²) in [7, 11) is 0. The fraction of sp³-hybridized carbons (Fsp3) is 0.923. The first-order chi connectivity index (χ1) is 8.85. The van der Waals surface area contributed by atoms with Gasteiger partial charge in [-0.1, -0.05) is 6.92 Å². The molecule has 7 heteroatoms. The van der Waals surface area contributed by atoms with Crippen LogP contribution in [0.15, 0.2) is 4.99 Å². The lowest BCUT2D eigenvalue weighted by Gasteiger charge is -2.36. The average Bonchev–Trinajstić information content (AvgIpc) is 2.68. The van der Waals surface area contributed by atoms with Crippen LogP contribution in [0, 0.1) is 5.92 Å². The van der Waals surface area contributed by atoms with E-state index in [0.29, 0.717) is 12.0 Å². The number of nitrogens with one attached hydrogen (secondary N) is 1. The summed E-state index contributed by atoms with van der Waals surface area (Å²) in [5, 5.41) is 3.15. The second-order valence-electron chi connectivity index (χ2n) is 5.85. The molecule has 1 fully saturated rings. The smallest absolute Gasteiger partial charge is 0.354 e. The first-order valence-electron chi connectivity index (χ1n) is 6.99. The van der Waals surface area contributed by atoms with E-state index >= 15 is 0 Å². The molecule has 0 spiro atoms. The SMILES string of the molecule is CC1CCC2CN=C(NC(C)CCC(F)(F)F)N2C1.I. The van der Waals surface area contributed by atoms with Crippen LogP contribution in [0.1, 0.15) is 39.5 Å². The average molecular weight is 405 g/mol. The van der Waals surface area contributed by atoms with Crippen molar-refractivity contribution in [2.24, 2.45) is 10.9 Å². The van der Waals surface area contributed by atoms with Crippen LogP contribution in [0.3, 0.4) is 0 Å². The van der Waals surface area contributed by atoms with Crippen LogP contribution in [0.4, 0.5) is 13.2 Å². The third-order valence-corrected chi connectivity index (χ3v) is 3.90. The van der Waals surface area contributed by atoms with Crippen LogP contribution in [-0.4, -0.2) is 42.2 Å². The predicted octanol–water partition coefficient (Wildman–Crippen LogP) is 3.40. The van der Waals surface area contributed by atoms with Crippen molar-refractivity contribution in [3.8, 4) is 0 Å². The number of aliphatic imine (C=N–C) groups is 1. The topological polar surface area (TPSA) is 27.6 Å². The summed E-state index contributed by atoms with van der Waals surface area (Å²) in [6, 6.07) is 0.255. The molecule has 3 atom stereocenters. The van der Waals surface area contributed by atoms with Crippen molar-refractivity contribution < 1.29 is 13.2 Å². The van der Waals surface area contributed by atoms with E-state index in [1.54, 1.807) is 6.92 Å². The van der Waals surface area contributed by atoms with Gasteiger partial charge in [0.05, 0.1) is 12.6 Å². The summed E-state index contributed by atoms with van der Waals surface area (Å²) in [6.45, 7) is 5.73. The molecule has 0 aromatic rings. The van der Waals surface area contributed by atoms with Crippen LogP contribution in [-0.2, 0) is 0 Å². The van der Waals surface area contributed by atoms with Gasteiger partial charge in [-0.3, -0.25) is 4.99 Å². The monoisotopic (exact) mass is 405 g/mol. The van der Waals surface area contributed by atoms with Gasteiger partial charge in [0.15, 0.2) is 5.96 Å². The van der Waals surface area contributed by atoms with Crippen LogP contribution < -0.4 is 5.32 Å². The number of alkyl halides is 3. The van der Waals surface area contributed by atoms with Gasteiger partial charge in [0, 0.05) is 19.0 Å². The van der Waals surface area contributed by atoms with Crippen molar-refractivity contribution in [1.29, 1.82) is 0 Å². The second kappa shape index (κ2) is 7.17. The van der Waals surface area contributed by atoms with Gasteiger partial charge in [-0.15, -0.1) is 24.0 Å². The van der Waals surface area contributed by atoms with Gasteiger partial charge >= 0.3 is 6.18 Å². The summed E-state index contributed by atoms with van der Waals surface area (Å²) in [5.41, 5.74) is 0. The number of piperidine rings is 1. The zero-order chi connectivity index (χ0) is 14.0. The van der Waals surface area contributed by atoms with E-state index in [0.717, 1.165) is 25.5 Å². The van der Waals surface area contributed by atoms with Crippen LogP contribution in [0.5, 0.6) is 0 Å². The molecule has 0 aliphatic carbocycles. The molecule has 0 aromatic heterocycles. The van der Waals surface area contributed by atoms with Crippen LogP contribution in [0.25, 0.3) is 0 Å². The molecular weight excluding hydrogens is 382 g/mol. The molecule has 0 aromatic carbocycles. The van der Waals surface area contributed by atoms with Crippen molar-refractivity contribution in [3.05, 3.63) is 0 Å². The minimum atomic E-state index is -4.07. The Morgan fingerprint density at radius 2 is 2.10 bits per heavy atom. The number of fused-ring (bicyclic) bond motifs is 1. The van der Waals surface area contributed by atoms with Crippen molar-refractivity contribution in [3.63, 3.8) is 0 Å². The standard InChI is InChI=1S/C13H22F3N3.HI/c1-9-3-4-11-7-17-12(19(11)8-9)18-10(2)5-6-13(14,15)16;/h9-11H,3-8H2,1-2H3,(H,17,18);1H. The van der Waals surface area contributed by atoms with Crippen molar-refractivity contribution in [2.75, 3.05) is 13.1 Å². The molecule has 118 valence electrons. The predicted molar refractivity (Wildman–Crippen MR) is 84.5 cm³/mol. The van der Waals surface area contributed by atoms with Gasteiger partial charge in [0.25, 0.3) is 0 Å². The molecule has 0 saturated carbocycles. The summed E-state index contributed by atoms with van der Waals surface area (Å²) >= 11 is 0. The second-order valence-corrected chi connectivity index (χ2v) is 5.85. The fourth-order valence-electron chi connectivity index (χ4n) is 2.74. The molecule has 1 N–H and O–H groups in total. The Morgan fingerprint density at radius 3 is 2.75 bits per heavy atom. The Hall–Kier alpha value is -0.210. The number of hydrogen-bond acceptors (Lipinski definition) is 3. The van der Waals surface area contributed by atoms with E-state index in [4.69, 9.17) is 0 Å². The maximum absolute atomic E-state index is 12.2. The third-order valence-electron chi connectivity index (χ3n) is 3.90. The van der Waals surface area contributed by atoms with E-state index < -0.39 is 12.6 Å². The summed E-state index contributed by atoms with van der Waals surface area (Å²) in [4.78, 5) is 6.68. The van der Waals surface area contributed by atoms with Crippen molar-refractivity contribution in [1.82, 2.24) is 10.2 Å². The molecule has 3 nitrogen and oxygen atoms in total. The molecule has 2 aliphatic rings. The highest BCUT2D eigenvalue weighted by Crippen LogP contribution is 2.26. The number of halogens is 4. The van der Waals surface area contributed by atoms with Gasteiger partial charge in [-0.2, -0.15) is 13.2 Å². The van der Waals surface area contributed by atoms with Crippen LogP contribution in [0.2, 0.25) is 0 Å². The molecule has 3 unspecified atom stereocenters. The fourth-order valence-corrected chi connectivity index (χ4v) is 2.74. The lowest BCUT2D eigenvalue weighted by atomic mass is 9.95. The highest BCUT2D eigenvalue weighted by molar-refractivity contribution is 14.0. The molecule has 0 bridgehead atoms. The Balaban J connectivity index is 0.00000200. The number of nitrogens with zero attached hydrogens (tertiary/aromatic N) is 2. The maximum atomic E-state index is 12.2. The number of guanidine groups is 1. The Bertz CT molecular complexity index is 346. The number of hydrogen-bond donors (Lipinski definition) is 1. The van der Waals surface area contributed by atoms with Gasteiger partial charge in [-0.05, 0) is 32.1 Å². The van der Waals surface area contributed by atoms with Gasteiger partial charge in [-0.25, -0.2) is 0 Å². The molecule has 0 amide bonds. The normalized spacial score (nSPS) is 27.4. The molecule has 0 radical (unpaired) electrons. The zero-order valence-corrected chi connectivity index (χ0v) is 14.2. The van der Waals surface area contributed by atoms with Gasteiger partial charge < -0.3 is 10.2 Å². The first kappa shape index (κ1) is 17.8. The Labute approximate surface area is 135 Å². The highest BCUT2D eigenvalue weighted by atomic mass is 127. The van der Waals surface area contributed by atoms with Crippen LogP contribution >= 0.6 is 24.0 Å². The molecule has 2 heterocycles. The minimum absolute atomic E-state index is 0. The number of rotatable bonds is 3.